The van der Waals surface area contributed by atoms with Crippen molar-refractivity contribution in [1.29, 1.82) is 0 Å². The number of nitrogens with one attached hydrogen (secondary N) is 1. The van der Waals surface area contributed by atoms with Crippen molar-refractivity contribution in [2.45, 2.75) is 13.0 Å². The van der Waals surface area contributed by atoms with Crippen molar-refractivity contribution in [3.05, 3.63) is 40.8 Å². The quantitative estimate of drug-likeness (QED) is 0.875. The second kappa shape index (κ2) is 7.22. The van der Waals surface area contributed by atoms with Crippen LogP contribution in [0.5, 0.6) is 11.5 Å². The summed E-state index contributed by atoms with van der Waals surface area (Å²) < 4.78 is 35.8. The van der Waals surface area contributed by atoms with Crippen LogP contribution in [0.2, 0.25) is 5.02 Å². The molecule has 2 aromatic rings. The lowest BCUT2D eigenvalue weighted by Crippen LogP contribution is -2.05. The minimum absolute atomic E-state index is 0.154. The molecule has 0 fully saturated rings. The summed E-state index contributed by atoms with van der Waals surface area (Å²) in [5.41, 5.74) is 0.359. The summed E-state index contributed by atoms with van der Waals surface area (Å²) in [4.78, 5) is 7.34. The van der Waals surface area contributed by atoms with Crippen LogP contribution in [0.4, 0.5) is 14.6 Å². The average molecular weight is 330 g/mol. The molecule has 0 radical (unpaired) electrons. The molecule has 1 N–H and O–H groups in total. The first-order valence-corrected chi connectivity index (χ1v) is 6.68. The third kappa shape index (κ3) is 3.54. The van der Waals surface area contributed by atoms with Crippen LogP contribution in [0.3, 0.4) is 0 Å². The Bertz CT molecular complexity index is 656. The molecule has 0 saturated heterocycles. The van der Waals surface area contributed by atoms with Gasteiger partial charge in [0, 0.05) is 6.54 Å². The second-order valence-corrected chi connectivity index (χ2v) is 4.64. The van der Waals surface area contributed by atoms with Gasteiger partial charge in [-0.25, -0.2) is 18.7 Å². The lowest BCUT2D eigenvalue weighted by molar-refractivity contribution is 0.146. The fourth-order valence-electron chi connectivity index (χ4n) is 1.84. The van der Waals surface area contributed by atoms with Crippen LogP contribution in [0.1, 0.15) is 17.7 Å². The van der Waals surface area contributed by atoms with Crippen molar-refractivity contribution in [3.8, 4) is 11.5 Å². The summed E-state index contributed by atoms with van der Waals surface area (Å²) in [7, 11) is 3.08. The largest absolute Gasteiger partial charge is 0.493 e. The summed E-state index contributed by atoms with van der Waals surface area (Å²) in [6.07, 6.45) is -1.71. The monoisotopic (exact) mass is 329 g/mol. The van der Waals surface area contributed by atoms with E-state index in [9.17, 15) is 8.78 Å². The van der Waals surface area contributed by atoms with E-state index in [2.05, 4.69) is 15.3 Å². The summed E-state index contributed by atoms with van der Waals surface area (Å²) in [5.74, 6) is 1.33. The lowest BCUT2D eigenvalue weighted by atomic mass is 10.2. The van der Waals surface area contributed by atoms with Gasteiger partial charge in [0.2, 0.25) is 0 Å². The maximum Gasteiger partial charge on any atom is 0.282 e. The first-order chi connectivity index (χ1) is 10.6. The Balaban J connectivity index is 2.15. The molecule has 0 spiro atoms. The zero-order valence-electron chi connectivity index (χ0n) is 11.9. The van der Waals surface area contributed by atoms with Crippen LogP contribution in [-0.4, -0.2) is 24.2 Å². The van der Waals surface area contributed by atoms with Gasteiger partial charge in [-0.3, -0.25) is 0 Å². The number of methoxy groups -OCH3 is 2. The summed E-state index contributed by atoms with van der Waals surface area (Å²) in [5, 5.41) is 2.72. The molecule has 118 valence electrons. The van der Waals surface area contributed by atoms with Crippen LogP contribution in [0.25, 0.3) is 0 Å². The highest BCUT2D eigenvalue weighted by Gasteiger charge is 2.17. The predicted octanol–water partition coefficient (Wildman–Crippen LogP) is 3.70. The second-order valence-electron chi connectivity index (χ2n) is 4.27. The van der Waals surface area contributed by atoms with Crippen LogP contribution < -0.4 is 14.8 Å². The molecule has 0 bridgehead atoms. The number of nitrogens with zero attached hydrogens (tertiary/aromatic N) is 2. The maximum absolute atomic E-state index is 12.7. The van der Waals surface area contributed by atoms with Crippen LogP contribution in [0, 0.1) is 0 Å². The van der Waals surface area contributed by atoms with Crippen LogP contribution >= 0.6 is 11.6 Å². The van der Waals surface area contributed by atoms with E-state index in [1.54, 1.807) is 19.2 Å². The molecule has 0 unspecified atom stereocenters. The Morgan fingerprint density at radius 3 is 2.55 bits per heavy atom. The third-order valence-electron chi connectivity index (χ3n) is 2.93. The molecular weight excluding hydrogens is 316 g/mol. The summed E-state index contributed by atoms with van der Waals surface area (Å²) in [6.45, 7) is 0.333. The van der Waals surface area contributed by atoms with Crippen LogP contribution in [-0.2, 0) is 6.54 Å². The highest BCUT2D eigenvalue weighted by Crippen LogP contribution is 2.30. The molecule has 0 saturated carbocycles. The number of rotatable bonds is 6. The Hall–Kier alpha value is -2.15. The van der Waals surface area contributed by atoms with Gasteiger partial charge in [0.1, 0.15) is 22.9 Å². The van der Waals surface area contributed by atoms with Gasteiger partial charge in [0.05, 0.1) is 14.2 Å². The van der Waals surface area contributed by atoms with Gasteiger partial charge in [-0.05, 0) is 17.7 Å². The minimum atomic E-state index is -2.75. The normalized spacial score (nSPS) is 10.6. The number of anilines is 1. The van der Waals surface area contributed by atoms with Crippen molar-refractivity contribution < 1.29 is 18.3 Å². The topological polar surface area (TPSA) is 56.3 Å². The van der Waals surface area contributed by atoms with Gasteiger partial charge >= 0.3 is 0 Å². The number of ether oxygens (including phenoxy) is 2. The van der Waals surface area contributed by atoms with E-state index < -0.39 is 12.1 Å². The number of benzene rings is 1. The molecule has 0 amide bonds. The molecule has 22 heavy (non-hydrogen) atoms. The summed E-state index contributed by atoms with van der Waals surface area (Å²) >= 11 is 5.86. The lowest BCUT2D eigenvalue weighted by Gasteiger charge is -2.12. The average Bonchev–Trinajstić information content (AvgIpc) is 2.53. The minimum Gasteiger partial charge on any atom is -0.493 e. The van der Waals surface area contributed by atoms with E-state index in [0.29, 0.717) is 18.0 Å². The Morgan fingerprint density at radius 2 is 1.91 bits per heavy atom. The highest BCUT2D eigenvalue weighted by atomic mass is 35.5. The summed E-state index contributed by atoms with van der Waals surface area (Å²) in [6, 6.07) is 5.34. The fourth-order valence-corrected chi connectivity index (χ4v) is 2.08. The standard InChI is InChI=1S/C14H14ClF2N3O2/c1-21-9-4-3-8(5-10(9)22-2)6-18-14-11(15)12(13(16)17)19-7-20-14/h3-5,7,13H,6H2,1-2H3,(H,18,19,20). The van der Waals surface area contributed by atoms with E-state index in [0.717, 1.165) is 11.9 Å². The van der Waals surface area contributed by atoms with Crippen LogP contribution in [0.15, 0.2) is 24.5 Å². The SMILES string of the molecule is COc1ccc(CNc2ncnc(C(F)F)c2Cl)cc1OC. The zero-order valence-corrected chi connectivity index (χ0v) is 12.7. The van der Waals surface area contributed by atoms with Crippen molar-refractivity contribution in [2.75, 3.05) is 19.5 Å². The smallest absolute Gasteiger partial charge is 0.282 e. The van der Waals surface area contributed by atoms with E-state index in [1.807, 2.05) is 6.07 Å². The molecule has 1 aromatic heterocycles. The van der Waals surface area contributed by atoms with Gasteiger partial charge in [-0.2, -0.15) is 0 Å². The highest BCUT2D eigenvalue weighted by molar-refractivity contribution is 6.33. The van der Waals surface area contributed by atoms with Gasteiger partial charge in [-0.15, -0.1) is 0 Å². The number of alkyl halides is 2. The van der Waals surface area contributed by atoms with Crippen molar-refractivity contribution in [3.63, 3.8) is 0 Å². The van der Waals surface area contributed by atoms with E-state index >= 15 is 0 Å². The third-order valence-corrected chi connectivity index (χ3v) is 3.30. The van der Waals surface area contributed by atoms with E-state index in [4.69, 9.17) is 21.1 Å². The number of halogens is 3. The molecule has 0 aliphatic rings. The molecule has 5 nitrogen and oxygen atoms in total. The Kier molecular flexibility index (Phi) is 5.32. The van der Waals surface area contributed by atoms with Gasteiger partial charge in [0.25, 0.3) is 6.43 Å². The van der Waals surface area contributed by atoms with Gasteiger partial charge in [0.15, 0.2) is 11.5 Å². The fraction of sp³-hybridized carbons (Fsp3) is 0.286. The predicted molar refractivity (Wildman–Crippen MR) is 78.9 cm³/mol. The molecule has 0 atom stereocenters. The first-order valence-electron chi connectivity index (χ1n) is 6.30. The van der Waals surface area contributed by atoms with Crippen molar-refractivity contribution in [1.82, 2.24) is 9.97 Å². The molecule has 8 heteroatoms. The van der Waals surface area contributed by atoms with Gasteiger partial charge < -0.3 is 14.8 Å². The van der Waals surface area contributed by atoms with Crippen molar-refractivity contribution in [2.24, 2.45) is 0 Å². The number of hydrogen-bond donors (Lipinski definition) is 1. The molecule has 0 aliphatic heterocycles. The molecule has 1 aromatic carbocycles. The number of aromatic nitrogens is 2. The Labute approximate surface area is 131 Å². The van der Waals surface area contributed by atoms with Gasteiger partial charge in [-0.1, -0.05) is 17.7 Å². The molecule has 2 rings (SSSR count). The molecule has 0 aliphatic carbocycles. The Morgan fingerprint density at radius 1 is 1.18 bits per heavy atom. The maximum atomic E-state index is 12.7. The zero-order chi connectivity index (χ0) is 16.1. The van der Waals surface area contributed by atoms with Crippen molar-refractivity contribution >= 4 is 17.4 Å². The number of hydrogen-bond acceptors (Lipinski definition) is 5. The van der Waals surface area contributed by atoms with E-state index in [-0.39, 0.29) is 10.8 Å². The first kappa shape index (κ1) is 16.2. The molecule has 1 heterocycles. The van der Waals surface area contributed by atoms with E-state index in [1.165, 1.54) is 7.11 Å². The molecular formula is C14H14ClF2N3O2.